The van der Waals surface area contributed by atoms with Crippen molar-refractivity contribution in [2.75, 3.05) is 34.4 Å². The summed E-state index contributed by atoms with van der Waals surface area (Å²) in [5, 5.41) is 9.60. The molecule has 1 N–H and O–H groups in total. The van der Waals surface area contributed by atoms with E-state index in [1.54, 1.807) is 31.4 Å². The van der Waals surface area contributed by atoms with E-state index in [4.69, 9.17) is 9.47 Å². The zero-order chi connectivity index (χ0) is 18.9. The van der Waals surface area contributed by atoms with E-state index < -0.39 is 11.9 Å². The Morgan fingerprint density at radius 3 is 2.19 bits per heavy atom. The SMILES string of the molecule is COc1ccc(C(Cc2ccc(OCCCN(C)C)cc2)C(=O)O)cc1. The molecular formula is C21H27NO4. The fourth-order valence-electron chi connectivity index (χ4n) is 2.71. The second-order valence-corrected chi connectivity index (χ2v) is 6.52. The number of ether oxygens (including phenoxy) is 2. The first kappa shape index (κ1) is 19.8. The van der Waals surface area contributed by atoms with Gasteiger partial charge in [0.2, 0.25) is 0 Å². The van der Waals surface area contributed by atoms with Gasteiger partial charge in [-0.05, 0) is 62.3 Å². The van der Waals surface area contributed by atoms with Gasteiger partial charge in [0, 0.05) is 6.54 Å². The smallest absolute Gasteiger partial charge is 0.311 e. The highest BCUT2D eigenvalue weighted by Gasteiger charge is 2.20. The van der Waals surface area contributed by atoms with E-state index in [9.17, 15) is 9.90 Å². The number of aliphatic carboxylic acids is 1. The molecule has 1 atom stereocenters. The Balaban J connectivity index is 1.97. The number of methoxy groups -OCH3 is 1. The van der Waals surface area contributed by atoms with E-state index in [2.05, 4.69) is 4.90 Å². The summed E-state index contributed by atoms with van der Waals surface area (Å²) in [5.74, 6) is 0.101. The van der Waals surface area contributed by atoms with Gasteiger partial charge in [-0.15, -0.1) is 0 Å². The average molecular weight is 357 g/mol. The number of nitrogens with zero attached hydrogens (tertiary/aromatic N) is 1. The highest BCUT2D eigenvalue weighted by atomic mass is 16.5. The molecule has 1 unspecified atom stereocenters. The highest BCUT2D eigenvalue weighted by molar-refractivity contribution is 5.76. The molecule has 0 aliphatic carbocycles. The van der Waals surface area contributed by atoms with Crippen molar-refractivity contribution in [2.45, 2.75) is 18.8 Å². The van der Waals surface area contributed by atoms with Crippen molar-refractivity contribution in [1.82, 2.24) is 4.90 Å². The number of hydrogen-bond donors (Lipinski definition) is 1. The molecule has 5 heteroatoms. The van der Waals surface area contributed by atoms with Crippen LogP contribution in [0.1, 0.15) is 23.5 Å². The first-order valence-electron chi connectivity index (χ1n) is 8.73. The summed E-state index contributed by atoms with van der Waals surface area (Å²) in [5.41, 5.74) is 1.73. The standard InChI is InChI=1S/C21H27NO4/c1-22(2)13-4-14-26-19-9-5-16(6-10-19)15-20(21(23)24)17-7-11-18(25-3)12-8-17/h5-12,20H,4,13-15H2,1-3H3,(H,23,24). The van der Waals surface area contributed by atoms with Crippen molar-refractivity contribution < 1.29 is 19.4 Å². The van der Waals surface area contributed by atoms with Crippen LogP contribution in [0.2, 0.25) is 0 Å². The molecule has 26 heavy (non-hydrogen) atoms. The molecule has 0 spiro atoms. The Hall–Kier alpha value is -2.53. The van der Waals surface area contributed by atoms with Crippen LogP contribution in [0.3, 0.4) is 0 Å². The van der Waals surface area contributed by atoms with E-state index in [1.165, 1.54) is 0 Å². The molecule has 0 bridgehead atoms. The van der Waals surface area contributed by atoms with Gasteiger partial charge in [-0.2, -0.15) is 0 Å². The summed E-state index contributed by atoms with van der Waals surface area (Å²) < 4.78 is 10.8. The van der Waals surface area contributed by atoms with Gasteiger partial charge in [0.15, 0.2) is 0 Å². The lowest BCUT2D eigenvalue weighted by atomic mass is 9.92. The molecule has 0 fully saturated rings. The lowest BCUT2D eigenvalue weighted by Gasteiger charge is -2.14. The molecule has 140 valence electrons. The monoisotopic (exact) mass is 357 g/mol. The van der Waals surface area contributed by atoms with Crippen molar-refractivity contribution in [2.24, 2.45) is 0 Å². The van der Waals surface area contributed by atoms with Crippen molar-refractivity contribution in [1.29, 1.82) is 0 Å². The van der Waals surface area contributed by atoms with Crippen LogP contribution in [0.5, 0.6) is 11.5 Å². The quantitative estimate of drug-likeness (QED) is 0.660. The van der Waals surface area contributed by atoms with Crippen molar-refractivity contribution in [3.05, 3.63) is 59.7 Å². The summed E-state index contributed by atoms with van der Waals surface area (Å²) in [4.78, 5) is 13.8. The molecule has 5 nitrogen and oxygen atoms in total. The zero-order valence-electron chi connectivity index (χ0n) is 15.6. The van der Waals surface area contributed by atoms with Crippen LogP contribution in [-0.2, 0) is 11.2 Å². The van der Waals surface area contributed by atoms with Gasteiger partial charge < -0.3 is 19.5 Å². The zero-order valence-corrected chi connectivity index (χ0v) is 15.6. The van der Waals surface area contributed by atoms with Gasteiger partial charge >= 0.3 is 5.97 Å². The number of carbonyl (C=O) groups is 1. The third-order valence-electron chi connectivity index (χ3n) is 4.20. The van der Waals surface area contributed by atoms with Crippen LogP contribution < -0.4 is 9.47 Å². The van der Waals surface area contributed by atoms with Gasteiger partial charge in [0.05, 0.1) is 19.6 Å². The molecule has 0 aliphatic heterocycles. The number of carboxylic acids is 1. The Labute approximate surface area is 155 Å². The van der Waals surface area contributed by atoms with Crippen molar-refractivity contribution >= 4 is 5.97 Å². The highest BCUT2D eigenvalue weighted by Crippen LogP contribution is 2.24. The summed E-state index contributed by atoms with van der Waals surface area (Å²) in [6, 6.07) is 14.9. The average Bonchev–Trinajstić information content (AvgIpc) is 2.64. The fraction of sp³-hybridized carbons (Fsp3) is 0.381. The van der Waals surface area contributed by atoms with E-state index in [0.29, 0.717) is 18.8 Å². The Kier molecular flexibility index (Phi) is 7.48. The van der Waals surface area contributed by atoms with Crippen LogP contribution in [0, 0.1) is 0 Å². The Bertz CT molecular complexity index is 680. The minimum absolute atomic E-state index is 0.433. The molecule has 0 amide bonds. The number of benzene rings is 2. The summed E-state index contributed by atoms with van der Waals surface area (Å²) >= 11 is 0. The Morgan fingerprint density at radius 2 is 1.65 bits per heavy atom. The van der Waals surface area contributed by atoms with Gasteiger partial charge in [-0.3, -0.25) is 4.79 Å². The van der Waals surface area contributed by atoms with Crippen molar-refractivity contribution in [3.63, 3.8) is 0 Å². The van der Waals surface area contributed by atoms with Gasteiger partial charge in [-0.25, -0.2) is 0 Å². The molecule has 0 radical (unpaired) electrons. The van der Waals surface area contributed by atoms with E-state index in [-0.39, 0.29) is 0 Å². The number of hydrogen-bond acceptors (Lipinski definition) is 4. The molecule has 0 saturated carbocycles. The minimum Gasteiger partial charge on any atom is -0.497 e. The molecule has 2 aromatic carbocycles. The lowest BCUT2D eigenvalue weighted by Crippen LogP contribution is -2.15. The normalized spacial score (nSPS) is 12.0. The predicted molar refractivity (Wildman–Crippen MR) is 102 cm³/mol. The van der Waals surface area contributed by atoms with Crippen LogP contribution in [0.25, 0.3) is 0 Å². The first-order valence-corrected chi connectivity index (χ1v) is 8.73. The van der Waals surface area contributed by atoms with Crippen LogP contribution in [-0.4, -0.2) is 50.3 Å². The van der Waals surface area contributed by atoms with Crippen LogP contribution in [0.15, 0.2) is 48.5 Å². The van der Waals surface area contributed by atoms with Crippen LogP contribution in [0.4, 0.5) is 0 Å². The van der Waals surface area contributed by atoms with Crippen molar-refractivity contribution in [3.8, 4) is 11.5 Å². The molecular weight excluding hydrogens is 330 g/mol. The molecule has 0 aromatic heterocycles. The van der Waals surface area contributed by atoms with Gasteiger partial charge in [0.1, 0.15) is 11.5 Å². The third kappa shape index (κ3) is 6.08. The molecule has 0 saturated heterocycles. The maximum Gasteiger partial charge on any atom is 0.311 e. The maximum absolute atomic E-state index is 11.7. The van der Waals surface area contributed by atoms with E-state index in [1.807, 2.05) is 38.4 Å². The first-order chi connectivity index (χ1) is 12.5. The minimum atomic E-state index is -0.834. The predicted octanol–water partition coefficient (Wildman–Crippen LogP) is 3.44. The lowest BCUT2D eigenvalue weighted by molar-refractivity contribution is -0.138. The maximum atomic E-state index is 11.7. The number of carboxylic acid groups (broad SMARTS) is 1. The largest absolute Gasteiger partial charge is 0.497 e. The molecule has 2 rings (SSSR count). The van der Waals surface area contributed by atoms with Gasteiger partial charge in [0.25, 0.3) is 0 Å². The number of rotatable bonds is 10. The summed E-state index contributed by atoms with van der Waals surface area (Å²) in [6.45, 7) is 1.65. The second kappa shape index (κ2) is 9.82. The van der Waals surface area contributed by atoms with Crippen LogP contribution >= 0.6 is 0 Å². The second-order valence-electron chi connectivity index (χ2n) is 6.52. The van der Waals surface area contributed by atoms with E-state index in [0.717, 1.165) is 29.8 Å². The van der Waals surface area contributed by atoms with E-state index >= 15 is 0 Å². The summed E-state index contributed by atoms with van der Waals surface area (Å²) in [7, 11) is 5.67. The molecule has 0 heterocycles. The molecule has 2 aromatic rings. The molecule has 0 aliphatic rings. The topological polar surface area (TPSA) is 59.0 Å². The Morgan fingerprint density at radius 1 is 1.04 bits per heavy atom. The fourth-order valence-corrected chi connectivity index (χ4v) is 2.71. The summed E-state index contributed by atoms with van der Waals surface area (Å²) in [6.07, 6.45) is 1.40. The van der Waals surface area contributed by atoms with Gasteiger partial charge in [-0.1, -0.05) is 24.3 Å². The third-order valence-corrected chi connectivity index (χ3v) is 4.20.